The van der Waals surface area contributed by atoms with Crippen LogP contribution in [0.5, 0.6) is 0 Å². The third kappa shape index (κ3) is 3.62. The average molecular weight is 386 g/mol. The monoisotopic (exact) mass is 385 g/mol. The largest absolute Gasteiger partial charge is 0.325 e. The molecule has 1 atom stereocenters. The lowest BCUT2D eigenvalue weighted by Gasteiger charge is -2.15. The number of amides is 1. The molecule has 0 aliphatic rings. The number of benzene rings is 1. The smallest absolute Gasteiger partial charge is 0.237 e. The van der Waals surface area contributed by atoms with E-state index in [9.17, 15) is 4.79 Å². The lowest BCUT2D eigenvalue weighted by atomic mass is 10.1. The number of thioether (sulfide) groups is 1. The van der Waals surface area contributed by atoms with E-state index in [1.807, 2.05) is 45.9 Å². The molecule has 0 fully saturated rings. The summed E-state index contributed by atoms with van der Waals surface area (Å²) < 4.78 is 0. The van der Waals surface area contributed by atoms with Gasteiger partial charge in [-0.3, -0.25) is 4.79 Å². The number of nitrogens with one attached hydrogen (secondary N) is 1. The van der Waals surface area contributed by atoms with Crippen molar-refractivity contribution in [1.82, 2.24) is 9.97 Å². The molecule has 0 saturated carbocycles. The first-order chi connectivity index (χ1) is 12.3. The highest BCUT2D eigenvalue weighted by Crippen LogP contribution is 2.36. The summed E-state index contributed by atoms with van der Waals surface area (Å²) in [4.78, 5) is 24.2. The Balaban J connectivity index is 1.87. The second-order valence-electron chi connectivity index (χ2n) is 6.56. The van der Waals surface area contributed by atoms with Crippen LogP contribution in [0.25, 0.3) is 10.2 Å². The first-order valence-electron chi connectivity index (χ1n) is 8.56. The molecule has 4 nitrogen and oxygen atoms in total. The molecule has 1 amide bonds. The van der Waals surface area contributed by atoms with Crippen LogP contribution in [-0.2, 0) is 4.79 Å². The summed E-state index contributed by atoms with van der Waals surface area (Å²) in [6, 6.07) is 6.02. The molecule has 1 N–H and O–H groups in total. The fraction of sp³-hybridized carbons (Fsp3) is 0.350. The summed E-state index contributed by atoms with van der Waals surface area (Å²) in [7, 11) is 0. The highest BCUT2D eigenvalue weighted by atomic mass is 32.2. The number of hydrogen-bond acceptors (Lipinski definition) is 5. The van der Waals surface area contributed by atoms with E-state index in [4.69, 9.17) is 0 Å². The van der Waals surface area contributed by atoms with Crippen molar-refractivity contribution in [3.05, 3.63) is 45.6 Å². The van der Waals surface area contributed by atoms with E-state index in [0.29, 0.717) is 0 Å². The fourth-order valence-corrected chi connectivity index (χ4v) is 5.05. The highest BCUT2D eigenvalue weighted by Gasteiger charge is 2.21. The molecular formula is C20H23N3OS2. The lowest BCUT2D eigenvalue weighted by molar-refractivity contribution is -0.115. The maximum atomic E-state index is 12.8. The molecule has 26 heavy (non-hydrogen) atoms. The van der Waals surface area contributed by atoms with Gasteiger partial charge in [-0.25, -0.2) is 9.97 Å². The van der Waals surface area contributed by atoms with Crippen molar-refractivity contribution < 1.29 is 4.79 Å². The van der Waals surface area contributed by atoms with Gasteiger partial charge in [0.05, 0.1) is 5.25 Å². The van der Waals surface area contributed by atoms with Gasteiger partial charge in [-0.2, -0.15) is 0 Å². The van der Waals surface area contributed by atoms with Crippen LogP contribution in [0.3, 0.4) is 0 Å². The number of aryl methyl sites for hydroxylation is 5. The molecule has 0 bridgehead atoms. The second kappa shape index (κ2) is 7.37. The first-order valence-corrected chi connectivity index (χ1v) is 10.3. The Morgan fingerprint density at radius 1 is 1.12 bits per heavy atom. The Labute approximate surface area is 162 Å². The van der Waals surface area contributed by atoms with Crippen molar-refractivity contribution in [3.63, 3.8) is 0 Å². The number of thiophene rings is 1. The number of nitrogens with zero attached hydrogens (tertiary/aromatic N) is 2. The van der Waals surface area contributed by atoms with Crippen LogP contribution >= 0.6 is 23.1 Å². The third-order valence-electron chi connectivity index (χ3n) is 4.49. The Morgan fingerprint density at radius 2 is 1.77 bits per heavy atom. The predicted octanol–water partition coefficient (Wildman–Crippen LogP) is 5.35. The lowest BCUT2D eigenvalue weighted by Crippen LogP contribution is -2.23. The summed E-state index contributed by atoms with van der Waals surface area (Å²) >= 11 is 3.18. The van der Waals surface area contributed by atoms with Crippen molar-refractivity contribution in [2.45, 2.75) is 51.8 Å². The Bertz CT molecular complexity index is 974. The van der Waals surface area contributed by atoms with E-state index in [-0.39, 0.29) is 11.2 Å². The summed E-state index contributed by atoms with van der Waals surface area (Å²) in [5.74, 6) is 0.727. The molecule has 3 aromatic rings. The van der Waals surface area contributed by atoms with Crippen molar-refractivity contribution in [1.29, 1.82) is 0 Å². The molecule has 3 rings (SSSR count). The first kappa shape index (κ1) is 18.9. The van der Waals surface area contributed by atoms with Gasteiger partial charge in [-0.15, -0.1) is 11.3 Å². The van der Waals surface area contributed by atoms with E-state index >= 15 is 0 Å². The van der Waals surface area contributed by atoms with Crippen LogP contribution in [0.15, 0.2) is 23.2 Å². The van der Waals surface area contributed by atoms with Gasteiger partial charge in [0.1, 0.15) is 15.7 Å². The summed E-state index contributed by atoms with van der Waals surface area (Å²) in [5, 5.41) is 4.79. The normalized spacial score (nSPS) is 12.4. The van der Waals surface area contributed by atoms with Crippen LogP contribution in [0, 0.1) is 34.6 Å². The molecule has 0 saturated heterocycles. The Hall–Kier alpha value is -1.92. The third-order valence-corrected chi connectivity index (χ3v) is 6.68. The van der Waals surface area contributed by atoms with Crippen LogP contribution in [-0.4, -0.2) is 21.1 Å². The Morgan fingerprint density at radius 3 is 2.42 bits per heavy atom. The van der Waals surface area contributed by atoms with Crippen molar-refractivity contribution >= 4 is 44.9 Å². The standard InChI is InChI=1S/C20H23N3OS2/c1-10-8-7-9-11(2)17(10)23-18(24)14(5)26-20-16-12(3)13(4)25-19(16)21-15(6)22-20/h7-9,14H,1-6H3,(H,23,24)/t14-/m0/s1. The van der Waals surface area contributed by atoms with E-state index in [0.717, 1.165) is 37.9 Å². The zero-order chi connectivity index (χ0) is 19.0. The topological polar surface area (TPSA) is 54.9 Å². The van der Waals surface area contributed by atoms with Gasteiger partial charge >= 0.3 is 0 Å². The number of anilines is 1. The molecule has 136 valence electrons. The molecule has 0 unspecified atom stereocenters. The number of carbonyl (C=O) groups excluding carboxylic acids is 1. The molecule has 2 heterocycles. The van der Waals surface area contributed by atoms with Gasteiger partial charge in [0.2, 0.25) is 5.91 Å². The van der Waals surface area contributed by atoms with Crippen LogP contribution in [0.1, 0.15) is 34.3 Å². The number of aromatic nitrogens is 2. The van der Waals surface area contributed by atoms with E-state index < -0.39 is 0 Å². The number of para-hydroxylation sites is 1. The van der Waals surface area contributed by atoms with Gasteiger partial charge in [-0.05, 0) is 58.2 Å². The van der Waals surface area contributed by atoms with E-state index in [2.05, 4.69) is 29.1 Å². The van der Waals surface area contributed by atoms with Gasteiger partial charge in [0.15, 0.2) is 0 Å². The molecule has 0 spiro atoms. The number of carbonyl (C=O) groups is 1. The van der Waals surface area contributed by atoms with E-state index in [1.54, 1.807) is 11.3 Å². The minimum atomic E-state index is -0.258. The quantitative estimate of drug-likeness (QED) is 0.486. The maximum Gasteiger partial charge on any atom is 0.237 e. The SMILES string of the molecule is Cc1nc(S[C@@H](C)C(=O)Nc2c(C)cccc2C)c2c(C)c(C)sc2n1. The van der Waals surface area contributed by atoms with Gasteiger partial charge in [-0.1, -0.05) is 30.0 Å². The molecule has 6 heteroatoms. The van der Waals surface area contributed by atoms with Crippen molar-refractivity contribution in [2.24, 2.45) is 0 Å². The molecule has 0 aliphatic carbocycles. The zero-order valence-electron chi connectivity index (χ0n) is 15.9. The molecule has 0 radical (unpaired) electrons. The minimum absolute atomic E-state index is 0.0126. The highest BCUT2D eigenvalue weighted by molar-refractivity contribution is 8.00. The number of fused-ring (bicyclic) bond motifs is 1. The van der Waals surface area contributed by atoms with Crippen molar-refractivity contribution in [2.75, 3.05) is 5.32 Å². The van der Waals surface area contributed by atoms with Gasteiger partial charge in [0.25, 0.3) is 0 Å². The predicted molar refractivity (Wildman–Crippen MR) is 111 cm³/mol. The summed E-state index contributed by atoms with van der Waals surface area (Å²) in [6.07, 6.45) is 0. The average Bonchev–Trinajstić information content (AvgIpc) is 2.85. The van der Waals surface area contributed by atoms with E-state index in [1.165, 1.54) is 22.2 Å². The summed E-state index contributed by atoms with van der Waals surface area (Å²) in [6.45, 7) is 12.0. The van der Waals surface area contributed by atoms with Crippen LogP contribution in [0.4, 0.5) is 5.69 Å². The van der Waals surface area contributed by atoms with Gasteiger partial charge < -0.3 is 5.32 Å². The number of hydrogen-bond donors (Lipinski definition) is 1. The van der Waals surface area contributed by atoms with Crippen molar-refractivity contribution in [3.8, 4) is 0 Å². The van der Waals surface area contributed by atoms with Crippen LogP contribution < -0.4 is 5.32 Å². The minimum Gasteiger partial charge on any atom is -0.325 e. The Kier molecular flexibility index (Phi) is 5.34. The second-order valence-corrected chi connectivity index (χ2v) is 9.09. The number of rotatable bonds is 4. The zero-order valence-corrected chi connectivity index (χ0v) is 17.6. The fourth-order valence-electron chi connectivity index (χ4n) is 2.86. The molecule has 2 aromatic heterocycles. The molecule has 0 aliphatic heterocycles. The summed E-state index contributed by atoms with van der Waals surface area (Å²) in [5.41, 5.74) is 4.24. The maximum absolute atomic E-state index is 12.8. The molecule has 1 aromatic carbocycles. The van der Waals surface area contributed by atoms with Gasteiger partial charge in [0, 0.05) is 16.0 Å². The van der Waals surface area contributed by atoms with Crippen LogP contribution in [0.2, 0.25) is 0 Å². The molecular weight excluding hydrogens is 362 g/mol.